The second kappa shape index (κ2) is 5.69. The molecule has 1 unspecified atom stereocenters. The van der Waals surface area contributed by atoms with Crippen LogP contribution in [-0.2, 0) is 13.0 Å². The highest BCUT2D eigenvalue weighted by atomic mass is 32.1. The van der Waals surface area contributed by atoms with Crippen molar-refractivity contribution < 1.29 is 4.79 Å². The summed E-state index contributed by atoms with van der Waals surface area (Å²) in [5, 5.41) is 7.31. The van der Waals surface area contributed by atoms with E-state index in [1.165, 1.54) is 0 Å². The van der Waals surface area contributed by atoms with Crippen molar-refractivity contribution in [3.05, 3.63) is 17.5 Å². The van der Waals surface area contributed by atoms with Crippen LogP contribution in [0.2, 0.25) is 0 Å². The zero-order valence-electron chi connectivity index (χ0n) is 11.3. The SMILES string of the molecule is CCc1cc(C(=O)NC(C(N)=S)C2CC2)n(CC)n1. The van der Waals surface area contributed by atoms with E-state index in [1.807, 2.05) is 19.9 Å². The lowest BCUT2D eigenvalue weighted by atomic mass is 10.2. The Kier molecular flexibility index (Phi) is 4.19. The molecule has 1 heterocycles. The molecule has 0 aliphatic heterocycles. The Morgan fingerprint density at radius 3 is 2.79 bits per heavy atom. The summed E-state index contributed by atoms with van der Waals surface area (Å²) in [5.74, 6) is 0.267. The van der Waals surface area contributed by atoms with Gasteiger partial charge in [0.25, 0.3) is 5.91 Å². The average Bonchev–Trinajstić information content (AvgIpc) is 3.13. The molecule has 5 nitrogen and oxygen atoms in total. The summed E-state index contributed by atoms with van der Waals surface area (Å²) in [6.07, 6.45) is 2.97. The van der Waals surface area contributed by atoms with Crippen LogP contribution in [0.1, 0.15) is 42.9 Å². The first-order chi connectivity index (χ1) is 9.06. The monoisotopic (exact) mass is 280 g/mol. The predicted octanol–water partition coefficient (Wildman–Crippen LogP) is 1.26. The molecule has 19 heavy (non-hydrogen) atoms. The summed E-state index contributed by atoms with van der Waals surface area (Å²) in [4.78, 5) is 12.7. The standard InChI is InChI=1S/C13H20N4OS/c1-3-9-7-10(17(4-2)16-9)13(18)15-11(12(14)19)8-5-6-8/h7-8,11H,3-6H2,1-2H3,(H2,14,19)(H,15,18). The number of hydrogen-bond donors (Lipinski definition) is 2. The number of carbonyl (C=O) groups excluding carboxylic acids is 1. The summed E-state index contributed by atoms with van der Waals surface area (Å²) in [6, 6.07) is 1.65. The molecular formula is C13H20N4OS. The number of nitrogens with two attached hydrogens (primary N) is 1. The Bertz CT molecular complexity index is 493. The number of aryl methyl sites for hydroxylation is 2. The minimum Gasteiger partial charge on any atom is -0.392 e. The van der Waals surface area contributed by atoms with Crippen LogP contribution in [0.3, 0.4) is 0 Å². The van der Waals surface area contributed by atoms with Crippen molar-refractivity contribution in [1.29, 1.82) is 0 Å². The first-order valence-corrected chi connectivity index (χ1v) is 7.14. The number of hydrogen-bond acceptors (Lipinski definition) is 3. The van der Waals surface area contributed by atoms with E-state index >= 15 is 0 Å². The van der Waals surface area contributed by atoms with E-state index in [0.29, 0.717) is 23.1 Å². The number of rotatable bonds is 6. The van der Waals surface area contributed by atoms with Crippen molar-refractivity contribution in [2.45, 2.75) is 45.7 Å². The zero-order chi connectivity index (χ0) is 14.0. The van der Waals surface area contributed by atoms with Gasteiger partial charge in [-0.2, -0.15) is 5.10 Å². The Labute approximate surface area is 118 Å². The second-order valence-electron chi connectivity index (χ2n) is 4.88. The van der Waals surface area contributed by atoms with Crippen LogP contribution < -0.4 is 11.1 Å². The van der Waals surface area contributed by atoms with E-state index in [1.54, 1.807) is 4.68 Å². The molecule has 1 aromatic heterocycles. The first kappa shape index (κ1) is 14.0. The summed E-state index contributed by atoms with van der Waals surface area (Å²) < 4.78 is 1.72. The summed E-state index contributed by atoms with van der Waals surface area (Å²) in [6.45, 7) is 4.66. The normalized spacial score (nSPS) is 16.1. The largest absolute Gasteiger partial charge is 0.392 e. The van der Waals surface area contributed by atoms with Crippen LogP contribution in [0.5, 0.6) is 0 Å². The topological polar surface area (TPSA) is 72.9 Å². The van der Waals surface area contributed by atoms with E-state index in [4.69, 9.17) is 18.0 Å². The first-order valence-electron chi connectivity index (χ1n) is 6.73. The summed E-state index contributed by atoms with van der Waals surface area (Å²) in [7, 11) is 0. The lowest BCUT2D eigenvalue weighted by Gasteiger charge is -2.16. The Balaban J connectivity index is 2.14. The fraction of sp³-hybridized carbons (Fsp3) is 0.615. The Morgan fingerprint density at radius 2 is 2.32 bits per heavy atom. The molecule has 6 heteroatoms. The highest BCUT2D eigenvalue weighted by molar-refractivity contribution is 7.80. The van der Waals surface area contributed by atoms with Gasteiger partial charge in [-0.05, 0) is 38.2 Å². The Hall–Kier alpha value is -1.43. The van der Waals surface area contributed by atoms with Gasteiger partial charge in [0.2, 0.25) is 0 Å². The lowest BCUT2D eigenvalue weighted by Crippen LogP contribution is -2.45. The molecule has 1 aromatic rings. The Morgan fingerprint density at radius 1 is 1.63 bits per heavy atom. The maximum absolute atomic E-state index is 12.3. The van der Waals surface area contributed by atoms with E-state index in [0.717, 1.165) is 25.0 Å². The molecule has 0 aromatic carbocycles. The van der Waals surface area contributed by atoms with E-state index < -0.39 is 0 Å². The van der Waals surface area contributed by atoms with Crippen molar-refractivity contribution in [3.8, 4) is 0 Å². The molecule has 104 valence electrons. The fourth-order valence-corrected chi connectivity index (χ4v) is 2.38. The molecule has 3 N–H and O–H groups in total. The van der Waals surface area contributed by atoms with Crippen LogP contribution in [0.25, 0.3) is 0 Å². The van der Waals surface area contributed by atoms with Crippen LogP contribution in [0.4, 0.5) is 0 Å². The van der Waals surface area contributed by atoms with Gasteiger partial charge in [0, 0.05) is 6.54 Å². The van der Waals surface area contributed by atoms with Gasteiger partial charge in [-0.25, -0.2) is 0 Å². The third kappa shape index (κ3) is 3.12. The zero-order valence-corrected chi connectivity index (χ0v) is 12.2. The van der Waals surface area contributed by atoms with Gasteiger partial charge in [0.15, 0.2) is 0 Å². The summed E-state index contributed by atoms with van der Waals surface area (Å²) in [5.41, 5.74) is 7.21. The van der Waals surface area contributed by atoms with E-state index in [2.05, 4.69) is 10.4 Å². The van der Waals surface area contributed by atoms with Crippen LogP contribution >= 0.6 is 12.2 Å². The molecule has 1 saturated carbocycles. The molecule has 1 amide bonds. The second-order valence-corrected chi connectivity index (χ2v) is 5.35. The molecule has 1 aliphatic rings. The smallest absolute Gasteiger partial charge is 0.270 e. The highest BCUT2D eigenvalue weighted by Gasteiger charge is 2.34. The minimum atomic E-state index is -0.187. The van der Waals surface area contributed by atoms with Crippen LogP contribution in [-0.4, -0.2) is 26.7 Å². The average molecular weight is 280 g/mol. The molecule has 1 aliphatic carbocycles. The number of aromatic nitrogens is 2. The molecule has 1 atom stereocenters. The molecular weight excluding hydrogens is 260 g/mol. The molecule has 0 radical (unpaired) electrons. The van der Waals surface area contributed by atoms with Crippen LogP contribution in [0, 0.1) is 5.92 Å². The van der Waals surface area contributed by atoms with Gasteiger partial charge in [-0.15, -0.1) is 0 Å². The number of carbonyl (C=O) groups is 1. The quantitative estimate of drug-likeness (QED) is 0.769. The molecule has 1 fully saturated rings. The maximum atomic E-state index is 12.3. The number of thiocarbonyl (C=S) groups is 1. The van der Waals surface area contributed by atoms with Gasteiger partial charge < -0.3 is 11.1 Å². The van der Waals surface area contributed by atoms with Crippen molar-refractivity contribution in [1.82, 2.24) is 15.1 Å². The summed E-state index contributed by atoms with van der Waals surface area (Å²) >= 11 is 5.03. The van der Waals surface area contributed by atoms with Gasteiger partial charge in [0.05, 0.1) is 16.7 Å². The molecule has 0 spiro atoms. The van der Waals surface area contributed by atoms with E-state index in [9.17, 15) is 4.79 Å². The third-order valence-electron chi connectivity index (χ3n) is 3.41. The van der Waals surface area contributed by atoms with Gasteiger partial charge >= 0.3 is 0 Å². The maximum Gasteiger partial charge on any atom is 0.270 e. The highest BCUT2D eigenvalue weighted by Crippen LogP contribution is 2.32. The van der Waals surface area contributed by atoms with Crippen molar-refractivity contribution >= 4 is 23.1 Å². The minimum absolute atomic E-state index is 0.140. The molecule has 0 saturated heterocycles. The van der Waals surface area contributed by atoms with Crippen molar-refractivity contribution in [2.24, 2.45) is 11.7 Å². The molecule has 0 bridgehead atoms. The van der Waals surface area contributed by atoms with Gasteiger partial charge in [-0.3, -0.25) is 9.48 Å². The van der Waals surface area contributed by atoms with Crippen molar-refractivity contribution in [3.63, 3.8) is 0 Å². The van der Waals surface area contributed by atoms with Crippen LogP contribution in [0.15, 0.2) is 6.07 Å². The van der Waals surface area contributed by atoms with E-state index in [-0.39, 0.29) is 11.9 Å². The number of nitrogens with zero attached hydrogens (tertiary/aromatic N) is 2. The number of amides is 1. The fourth-order valence-electron chi connectivity index (χ4n) is 2.13. The predicted molar refractivity (Wildman–Crippen MR) is 78.0 cm³/mol. The lowest BCUT2D eigenvalue weighted by molar-refractivity contribution is 0.0933. The van der Waals surface area contributed by atoms with Crippen molar-refractivity contribution in [2.75, 3.05) is 0 Å². The number of nitrogens with one attached hydrogen (secondary N) is 1. The third-order valence-corrected chi connectivity index (χ3v) is 3.67. The van der Waals surface area contributed by atoms with Gasteiger partial charge in [-0.1, -0.05) is 19.1 Å². The molecule has 2 rings (SSSR count). The van der Waals surface area contributed by atoms with Gasteiger partial charge in [0.1, 0.15) is 5.69 Å².